The Bertz CT molecular complexity index is 1470. The minimum absolute atomic E-state index is 0.0210. The van der Waals surface area contributed by atoms with E-state index >= 15 is 4.39 Å². The maximum Gasteiger partial charge on any atom is 0.261 e. The lowest BCUT2D eigenvalue weighted by molar-refractivity contribution is 0.102. The van der Waals surface area contributed by atoms with E-state index in [0.29, 0.717) is 27.9 Å². The van der Waals surface area contributed by atoms with Crippen molar-refractivity contribution >= 4 is 44.6 Å². The van der Waals surface area contributed by atoms with Crippen molar-refractivity contribution in [1.82, 2.24) is 24.7 Å². The van der Waals surface area contributed by atoms with Crippen molar-refractivity contribution in [2.45, 2.75) is 51.6 Å². The molecule has 188 valence electrons. The number of aryl methyl sites for hydroxylation is 2. The lowest BCUT2D eigenvalue weighted by Crippen LogP contribution is -2.43. The number of carbonyl (C=O) groups is 1. The fraction of sp³-hybridized carbons (Fsp3) is 0.440. The third-order valence-corrected chi connectivity index (χ3v) is 7.77. The molecular weight excluding hydrogens is 481 g/mol. The highest BCUT2D eigenvalue weighted by Crippen LogP contribution is 2.37. The van der Waals surface area contributed by atoms with Crippen molar-refractivity contribution in [3.8, 4) is 5.88 Å². The third-order valence-electron chi connectivity index (χ3n) is 6.78. The molecular formula is C25H28FN7O2S. The second-order valence-electron chi connectivity index (χ2n) is 9.57. The SMILES string of the molecule is COc1nc(NC(=O)c2c(F)cc(N3CCC(NC4CC4)CC3)c3nc(C)sc23)cn2cc(C)nc12. The van der Waals surface area contributed by atoms with E-state index in [0.717, 1.165) is 42.3 Å². The number of imidazole rings is 1. The minimum atomic E-state index is -0.578. The zero-order chi connectivity index (χ0) is 25.0. The lowest BCUT2D eigenvalue weighted by atomic mass is 10.0. The fourth-order valence-corrected chi connectivity index (χ4v) is 5.90. The first-order chi connectivity index (χ1) is 17.4. The summed E-state index contributed by atoms with van der Waals surface area (Å²) in [6.07, 6.45) is 8.00. The number of ether oxygens (including phenoxy) is 1. The van der Waals surface area contributed by atoms with Gasteiger partial charge in [-0.3, -0.25) is 9.20 Å². The molecule has 0 bridgehead atoms. The lowest BCUT2D eigenvalue weighted by Gasteiger charge is -2.34. The predicted molar refractivity (Wildman–Crippen MR) is 138 cm³/mol. The number of hydrogen-bond donors (Lipinski definition) is 2. The van der Waals surface area contributed by atoms with Crippen molar-refractivity contribution in [3.05, 3.63) is 40.5 Å². The number of amides is 1. The molecule has 1 amide bonds. The van der Waals surface area contributed by atoms with Crippen LogP contribution in [0.1, 0.15) is 46.7 Å². The van der Waals surface area contributed by atoms with Crippen LogP contribution in [-0.2, 0) is 0 Å². The minimum Gasteiger partial charge on any atom is -0.478 e. The first-order valence-electron chi connectivity index (χ1n) is 12.2. The molecule has 2 aliphatic rings. The van der Waals surface area contributed by atoms with Gasteiger partial charge in [-0.15, -0.1) is 11.3 Å². The number of halogens is 1. The molecule has 3 aromatic heterocycles. The van der Waals surface area contributed by atoms with Gasteiger partial charge in [0.25, 0.3) is 11.8 Å². The summed E-state index contributed by atoms with van der Waals surface area (Å²) in [6, 6.07) is 2.65. The van der Waals surface area contributed by atoms with E-state index in [4.69, 9.17) is 9.72 Å². The number of anilines is 2. The van der Waals surface area contributed by atoms with Crippen molar-refractivity contribution in [1.29, 1.82) is 0 Å². The number of thiazole rings is 1. The van der Waals surface area contributed by atoms with Crippen LogP contribution < -0.4 is 20.3 Å². The van der Waals surface area contributed by atoms with Gasteiger partial charge in [-0.2, -0.15) is 4.98 Å². The molecule has 1 aromatic carbocycles. The van der Waals surface area contributed by atoms with Crippen LogP contribution >= 0.6 is 11.3 Å². The van der Waals surface area contributed by atoms with Crippen LogP contribution in [0.25, 0.3) is 15.9 Å². The van der Waals surface area contributed by atoms with Crippen LogP contribution in [0.2, 0.25) is 0 Å². The van der Waals surface area contributed by atoms with Gasteiger partial charge < -0.3 is 20.3 Å². The maximum atomic E-state index is 15.6. The standard InChI is InChI=1S/C25H28FN7O2S/c1-13-11-33-12-19(31-25(35-3)23(33)27-13)30-24(34)20-17(26)10-18(21-22(20)36-14(2)28-21)32-8-6-16(7-9-32)29-15-4-5-15/h10-12,15-16,29H,4-9H2,1-3H3,(H,30,34). The molecule has 0 unspecified atom stereocenters. The molecule has 1 saturated carbocycles. The molecule has 4 heterocycles. The first-order valence-corrected chi connectivity index (χ1v) is 13.0. The number of benzene rings is 1. The van der Waals surface area contributed by atoms with Crippen molar-refractivity contribution in [2.75, 3.05) is 30.4 Å². The molecule has 0 atom stereocenters. The second kappa shape index (κ2) is 8.97. The van der Waals surface area contributed by atoms with Crippen LogP contribution in [0, 0.1) is 19.7 Å². The van der Waals surface area contributed by atoms with Gasteiger partial charge in [-0.1, -0.05) is 0 Å². The average Bonchev–Trinajstić information content (AvgIpc) is 3.45. The Morgan fingerprint density at radius 1 is 1.11 bits per heavy atom. The van der Waals surface area contributed by atoms with E-state index in [1.165, 1.54) is 37.4 Å². The van der Waals surface area contributed by atoms with Gasteiger partial charge >= 0.3 is 0 Å². The van der Waals surface area contributed by atoms with E-state index in [9.17, 15) is 4.79 Å². The topological polar surface area (TPSA) is 96.7 Å². The number of carbonyl (C=O) groups excluding carboxylic acids is 1. The summed E-state index contributed by atoms with van der Waals surface area (Å²) in [5.74, 6) is -0.630. The van der Waals surface area contributed by atoms with E-state index < -0.39 is 11.7 Å². The van der Waals surface area contributed by atoms with Crippen molar-refractivity contribution in [2.24, 2.45) is 0 Å². The Morgan fingerprint density at radius 3 is 2.58 bits per heavy atom. The summed E-state index contributed by atoms with van der Waals surface area (Å²) in [5.41, 5.74) is 2.73. The Balaban J connectivity index is 1.30. The largest absolute Gasteiger partial charge is 0.478 e. The van der Waals surface area contributed by atoms with Crippen LogP contribution in [0.4, 0.5) is 15.9 Å². The van der Waals surface area contributed by atoms with Gasteiger partial charge in [0.15, 0.2) is 5.82 Å². The van der Waals surface area contributed by atoms with E-state index in [2.05, 4.69) is 25.5 Å². The number of fused-ring (bicyclic) bond motifs is 2. The number of rotatable bonds is 6. The van der Waals surface area contributed by atoms with Crippen molar-refractivity contribution < 1.29 is 13.9 Å². The van der Waals surface area contributed by atoms with Gasteiger partial charge in [0.2, 0.25) is 5.65 Å². The fourth-order valence-electron chi connectivity index (χ4n) is 4.93. The highest BCUT2D eigenvalue weighted by atomic mass is 32.1. The van der Waals surface area contributed by atoms with E-state index in [-0.39, 0.29) is 17.3 Å². The van der Waals surface area contributed by atoms with Crippen LogP contribution in [-0.4, -0.2) is 57.5 Å². The monoisotopic (exact) mass is 509 g/mol. The number of nitrogens with zero attached hydrogens (tertiary/aromatic N) is 5. The quantitative estimate of drug-likeness (QED) is 0.404. The summed E-state index contributed by atoms with van der Waals surface area (Å²) < 4.78 is 23.2. The Morgan fingerprint density at radius 2 is 1.86 bits per heavy atom. The molecule has 9 nitrogen and oxygen atoms in total. The van der Waals surface area contributed by atoms with Crippen LogP contribution in [0.15, 0.2) is 18.5 Å². The summed E-state index contributed by atoms with van der Waals surface area (Å²) in [5, 5.41) is 7.22. The molecule has 6 rings (SSSR count). The number of nitrogens with one attached hydrogen (secondary N) is 2. The zero-order valence-corrected chi connectivity index (χ0v) is 21.3. The normalized spacial score (nSPS) is 16.7. The summed E-state index contributed by atoms with van der Waals surface area (Å²) in [4.78, 5) is 29.0. The summed E-state index contributed by atoms with van der Waals surface area (Å²) in [6.45, 7) is 5.39. The van der Waals surface area contributed by atoms with E-state index in [1.54, 1.807) is 16.8 Å². The predicted octanol–water partition coefficient (Wildman–Crippen LogP) is 4.08. The molecule has 0 radical (unpaired) electrons. The maximum absolute atomic E-state index is 15.6. The molecule has 1 aliphatic heterocycles. The molecule has 36 heavy (non-hydrogen) atoms. The van der Waals surface area contributed by atoms with E-state index in [1.807, 2.05) is 13.8 Å². The summed E-state index contributed by atoms with van der Waals surface area (Å²) in [7, 11) is 1.49. The molecule has 2 N–H and O–H groups in total. The molecule has 2 fully saturated rings. The van der Waals surface area contributed by atoms with Crippen LogP contribution in [0.5, 0.6) is 5.88 Å². The molecule has 1 saturated heterocycles. The number of aromatic nitrogens is 4. The van der Waals surface area contributed by atoms with Gasteiger partial charge in [-0.05, 0) is 39.5 Å². The number of piperidine rings is 1. The van der Waals surface area contributed by atoms with Gasteiger partial charge in [0.05, 0.1) is 40.0 Å². The van der Waals surface area contributed by atoms with Crippen LogP contribution in [0.3, 0.4) is 0 Å². The zero-order valence-electron chi connectivity index (χ0n) is 20.5. The number of methoxy groups -OCH3 is 1. The first kappa shape index (κ1) is 23.1. The third kappa shape index (κ3) is 4.26. The highest BCUT2D eigenvalue weighted by Gasteiger charge is 2.29. The Labute approximate surface area is 211 Å². The smallest absolute Gasteiger partial charge is 0.261 e. The Hall–Kier alpha value is -3.31. The van der Waals surface area contributed by atoms with Crippen molar-refractivity contribution in [3.63, 3.8) is 0 Å². The molecule has 0 spiro atoms. The van der Waals surface area contributed by atoms with Gasteiger partial charge in [-0.25, -0.2) is 14.4 Å². The molecule has 4 aromatic rings. The summed E-state index contributed by atoms with van der Waals surface area (Å²) >= 11 is 1.33. The second-order valence-corrected chi connectivity index (χ2v) is 10.8. The molecule has 1 aliphatic carbocycles. The number of hydrogen-bond acceptors (Lipinski definition) is 8. The Kier molecular flexibility index (Phi) is 5.76. The molecule has 11 heteroatoms. The average molecular weight is 510 g/mol. The highest BCUT2D eigenvalue weighted by molar-refractivity contribution is 7.19. The van der Waals surface area contributed by atoms with Gasteiger partial charge in [0.1, 0.15) is 11.3 Å². The van der Waals surface area contributed by atoms with Gasteiger partial charge in [0, 0.05) is 37.4 Å².